The van der Waals surface area contributed by atoms with Gasteiger partial charge in [-0.2, -0.15) is 0 Å². The lowest BCUT2D eigenvalue weighted by Gasteiger charge is -2.37. The van der Waals surface area contributed by atoms with E-state index in [9.17, 15) is 0 Å². The third-order valence-corrected chi connectivity index (χ3v) is 5.65. The molecule has 0 aromatic heterocycles. The molecular weight excluding hydrogens is 338 g/mol. The van der Waals surface area contributed by atoms with E-state index in [2.05, 4.69) is 29.4 Å². The van der Waals surface area contributed by atoms with Crippen LogP contribution in [0.2, 0.25) is 5.02 Å². The summed E-state index contributed by atoms with van der Waals surface area (Å²) in [5.74, 6) is 1.36. The first-order valence-corrected chi connectivity index (χ1v) is 10.0. The van der Waals surface area contributed by atoms with Crippen molar-refractivity contribution in [3.05, 3.63) is 58.4 Å². The van der Waals surface area contributed by atoms with Crippen molar-refractivity contribution in [2.24, 2.45) is 10.9 Å². The van der Waals surface area contributed by atoms with E-state index in [4.69, 9.17) is 16.6 Å². The highest BCUT2D eigenvalue weighted by molar-refractivity contribution is 7.96. The van der Waals surface area contributed by atoms with E-state index >= 15 is 0 Å². The van der Waals surface area contributed by atoms with Crippen molar-refractivity contribution in [3.63, 3.8) is 0 Å². The minimum Gasteiger partial charge on any atom is -0.340 e. The molecule has 0 radical (unpaired) electrons. The largest absolute Gasteiger partial charge is 0.340 e. The van der Waals surface area contributed by atoms with Gasteiger partial charge in [0.2, 0.25) is 0 Å². The number of nitrogens with one attached hydrogen (secondary N) is 1. The Kier molecular flexibility index (Phi) is 5.69. The van der Waals surface area contributed by atoms with Gasteiger partial charge in [-0.15, -0.1) is 0 Å². The molecule has 1 unspecified atom stereocenters. The third-order valence-electron chi connectivity index (χ3n) is 4.60. The summed E-state index contributed by atoms with van der Waals surface area (Å²) in [6.45, 7) is 8.47. The van der Waals surface area contributed by atoms with Crippen LogP contribution in [0.5, 0.6) is 0 Å². The summed E-state index contributed by atoms with van der Waals surface area (Å²) in [5, 5.41) is 4.13. The van der Waals surface area contributed by atoms with Crippen molar-refractivity contribution in [2.75, 3.05) is 19.3 Å². The van der Waals surface area contributed by atoms with Gasteiger partial charge in [0.1, 0.15) is 5.84 Å². The van der Waals surface area contributed by atoms with Crippen LogP contribution in [-0.4, -0.2) is 29.5 Å². The molecule has 0 amide bonds. The monoisotopic (exact) mass is 361 g/mol. The second kappa shape index (κ2) is 7.77. The summed E-state index contributed by atoms with van der Waals surface area (Å²) in [6, 6.07) is 7.81. The second-order valence-corrected chi connectivity index (χ2v) is 7.60. The Morgan fingerprint density at radius 2 is 2.12 bits per heavy atom. The van der Waals surface area contributed by atoms with E-state index in [1.54, 1.807) is 11.9 Å². The van der Waals surface area contributed by atoms with Crippen LogP contribution in [0.1, 0.15) is 31.7 Å². The molecule has 0 saturated heterocycles. The van der Waals surface area contributed by atoms with Gasteiger partial charge in [0.15, 0.2) is 0 Å². The summed E-state index contributed by atoms with van der Waals surface area (Å²) in [6.07, 6.45) is 5.77. The fourth-order valence-electron chi connectivity index (χ4n) is 3.24. The standard InChI is InChI=1S/C19H24ClN3S/c1-4-5-6-15-11-23(24-3)12-17-13(2)21-19(22-18(15)17)14-7-9-16(20)10-8-14/h7-10,15H,2,4-6,11-12H2,1,3H3,(H,21,22). The van der Waals surface area contributed by atoms with E-state index in [0.29, 0.717) is 5.92 Å². The molecule has 1 atom stereocenters. The molecule has 3 rings (SSSR count). The average Bonchev–Trinajstić information content (AvgIpc) is 2.60. The van der Waals surface area contributed by atoms with Gasteiger partial charge in [-0.3, -0.25) is 0 Å². The lowest BCUT2D eigenvalue weighted by Crippen LogP contribution is -2.39. The summed E-state index contributed by atoms with van der Waals surface area (Å²) in [4.78, 5) is 5.00. The van der Waals surface area contributed by atoms with Crippen LogP contribution in [0.4, 0.5) is 0 Å². The first-order chi connectivity index (χ1) is 11.6. The molecule has 5 heteroatoms. The lowest BCUT2D eigenvalue weighted by atomic mass is 9.90. The molecule has 0 spiro atoms. The smallest absolute Gasteiger partial charge is 0.137 e. The van der Waals surface area contributed by atoms with E-state index in [1.165, 1.54) is 30.5 Å². The van der Waals surface area contributed by atoms with Crippen LogP contribution in [0.15, 0.2) is 52.8 Å². The van der Waals surface area contributed by atoms with Gasteiger partial charge in [0, 0.05) is 40.9 Å². The molecular formula is C19H24ClN3S. The molecule has 2 heterocycles. The molecule has 1 aromatic rings. The van der Waals surface area contributed by atoms with Crippen LogP contribution in [-0.2, 0) is 0 Å². The quantitative estimate of drug-likeness (QED) is 0.759. The number of benzene rings is 1. The summed E-state index contributed by atoms with van der Waals surface area (Å²) < 4.78 is 2.41. The van der Waals surface area contributed by atoms with Crippen LogP contribution >= 0.6 is 23.5 Å². The molecule has 3 nitrogen and oxygen atoms in total. The Hall–Kier alpha value is -1.23. The van der Waals surface area contributed by atoms with Gasteiger partial charge in [-0.1, -0.05) is 49.9 Å². The van der Waals surface area contributed by atoms with Gasteiger partial charge in [0.05, 0.1) is 5.70 Å². The maximum Gasteiger partial charge on any atom is 0.137 e. The Balaban J connectivity index is 1.96. The van der Waals surface area contributed by atoms with Crippen molar-refractivity contribution in [2.45, 2.75) is 26.2 Å². The molecule has 0 saturated carbocycles. The minimum atomic E-state index is 0.474. The number of amidine groups is 1. The van der Waals surface area contributed by atoms with Crippen molar-refractivity contribution < 1.29 is 0 Å². The molecule has 0 aliphatic carbocycles. The van der Waals surface area contributed by atoms with Crippen LogP contribution in [0, 0.1) is 5.92 Å². The highest BCUT2D eigenvalue weighted by Gasteiger charge is 2.31. The molecule has 1 N–H and O–H groups in total. The normalized spacial score (nSPS) is 21.4. The molecule has 24 heavy (non-hydrogen) atoms. The molecule has 1 aromatic carbocycles. The summed E-state index contributed by atoms with van der Waals surface area (Å²) in [7, 11) is 0. The summed E-state index contributed by atoms with van der Waals surface area (Å²) >= 11 is 7.81. The zero-order chi connectivity index (χ0) is 17.1. The number of unbranched alkanes of at least 4 members (excludes halogenated alkanes) is 1. The number of nitrogens with zero attached hydrogens (tertiary/aromatic N) is 2. The van der Waals surface area contributed by atoms with Crippen molar-refractivity contribution in [3.8, 4) is 0 Å². The number of hydrogen-bond donors (Lipinski definition) is 1. The maximum atomic E-state index is 6.01. The highest BCUT2D eigenvalue weighted by Crippen LogP contribution is 2.35. The van der Waals surface area contributed by atoms with E-state index in [-0.39, 0.29) is 0 Å². The Morgan fingerprint density at radius 3 is 2.79 bits per heavy atom. The van der Waals surface area contributed by atoms with Gasteiger partial charge >= 0.3 is 0 Å². The van der Waals surface area contributed by atoms with E-state index in [0.717, 1.165) is 35.2 Å². The minimum absolute atomic E-state index is 0.474. The predicted octanol–water partition coefficient (Wildman–Crippen LogP) is 4.86. The van der Waals surface area contributed by atoms with Crippen LogP contribution in [0.25, 0.3) is 0 Å². The third kappa shape index (κ3) is 3.71. The Bertz CT molecular complexity index is 678. The van der Waals surface area contributed by atoms with Gasteiger partial charge < -0.3 is 5.32 Å². The Morgan fingerprint density at radius 1 is 1.38 bits per heavy atom. The number of aliphatic imine (C=N–C) groups is 1. The maximum absolute atomic E-state index is 6.01. The zero-order valence-electron chi connectivity index (χ0n) is 14.3. The van der Waals surface area contributed by atoms with E-state index < -0.39 is 0 Å². The fourth-order valence-corrected chi connectivity index (χ4v) is 3.95. The SMILES string of the molecule is C=C1NC(c2ccc(Cl)cc2)=NC2=C1CN(SC)CC2CCCC. The lowest BCUT2D eigenvalue weighted by molar-refractivity contribution is 0.367. The van der Waals surface area contributed by atoms with Crippen molar-refractivity contribution in [1.29, 1.82) is 0 Å². The number of halogens is 1. The molecule has 128 valence electrons. The molecule has 0 fully saturated rings. The summed E-state index contributed by atoms with van der Waals surface area (Å²) in [5.41, 5.74) is 4.51. The number of rotatable bonds is 5. The molecule has 2 aliphatic rings. The molecule has 0 bridgehead atoms. The first-order valence-electron chi connectivity index (χ1n) is 8.45. The molecule has 2 aliphatic heterocycles. The van der Waals surface area contributed by atoms with Gasteiger partial charge in [-0.25, -0.2) is 9.30 Å². The first kappa shape index (κ1) is 17.6. The zero-order valence-corrected chi connectivity index (χ0v) is 15.9. The van der Waals surface area contributed by atoms with Crippen LogP contribution in [0.3, 0.4) is 0 Å². The second-order valence-electron chi connectivity index (χ2n) is 6.28. The van der Waals surface area contributed by atoms with Crippen LogP contribution < -0.4 is 5.32 Å². The Labute approximate surface area is 154 Å². The fraction of sp³-hybridized carbons (Fsp3) is 0.421. The number of hydrogen-bond acceptors (Lipinski definition) is 4. The topological polar surface area (TPSA) is 27.6 Å². The van der Waals surface area contributed by atoms with E-state index in [1.807, 2.05) is 24.3 Å². The predicted molar refractivity (Wildman–Crippen MR) is 105 cm³/mol. The van der Waals surface area contributed by atoms with Crippen molar-refractivity contribution in [1.82, 2.24) is 9.62 Å². The van der Waals surface area contributed by atoms with Crippen molar-refractivity contribution >= 4 is 29.4 Å². The highest BCUT2D eigenvalue weighted by atomic mass is 35.5. The van der Waals surface area contributed by atoms with Gasteiger partial charge in [0.25, 0.3) is 0 Å². The average molecular weight is 362 g/mol. The van der Waals surface area contributed by atoms with Gasteiger partial charge in [-0.05, 0) is 36.9 Å².